The molecule has 3 aliphatic rings. The fourth-order valence-corrected chi connectivity index (χ4v) is 3.10. The van der Waals surface area contributed by atoms with Crippen molar-refractivity contribution >= 4 is 0 Å². The van der Waals surface area contributed by atoms with Crippen molar-refractivity contribution in [1.82, 2.24) is 0 Å². The summed E-state index contributed by atoms with van der Waals surface area (Å²) < 4.78 is 0. The number of hydrogen-bond donors (Lipinski definition) is 2. The van der Waals surface area contributed by atoms with Crippen LogP contribution in [0, 0.1) is 17.3 Å². The molecule has 0 amide bonds. The molecule has 2 unspecified atom stereocenters. The third-order valence-corrected chi connectivity index (χ3v) is 4.34. The molecule has 3 rings (SSSR count). The maximum Gasteiger partial charge on any atom is 0.0765 e. The standard InChI is InChI=1S/C12H21NO/c1-12(2)8-3-4-9(10(12)7-8)11(14)5-6-13/h4,8,10-11,14H,3,5-7,13H2,1-2H3/t8?,10?,11-/m1/s1. The van der Waals surface area contributed by atoms with Crippen molar-refractivity contribution in [3.05, 3.63) is 11.6 Å². The number of allylic oxidation sites excluding steroid dienone is 1. The highest BCUT2D eigenvalue weighted by Crippen LogP contribution is 2.59. The summed E-state index contributed by atoms with van der Waals surface area (Å²) in [6.07, 6.45) is 5.11. The average Bonchev–Trinajstić information content (AvgIpc) is 2.18. The molecule has 14 heavy (non-hydrogen) atoms. The second kappa shape index (κ2) is 3.35. The Bertz CT molecular complexity index is 257. The first-order chi connectivity index (χ1) is 6.57. The van der Waals surface area contributed by atoms with Crippen molar-refractivity contribution in [3.63, 3.8) is 0 Å². The van der Waals surface area contributed by atoms with Crippen molar-refractivity contribution < 1.29 is 5.11 Å². The molecule has 3 aliphatic carbocycles. The molecular formula is C12H21NO. The van der Waals surface area contributed by atoms with E-state index in [9.17, 15) is 5.11 Å². The Morgan fingerprint density at radius 3 is 2.86 bits per heavy atom. The molecule has 1 fully saturated rings. The van der Waals surface area contributed by atoms with E-state index in [4.69, 9.17) is 5.73 Å². The molecular weight excluding hydrogens is 174 g/mol. The molecule has 0 saturated heterocycles. The minimum absolute atomic E-state index is 0.287. The predicted octanol–water partition coefficient (Wildman–Crippen LogP) is 1.69. The molecule has 1 saturated carbocycles. The van der Waals surface area contributed by atoms with Crippen LogP contribution in [0.25, 0.3) is 0 Å². The Kier molecular flexibility index (Phi) is 2.44. The predicted molar refractivity (Wildman–Crippen MR) is 57.8 cm³/mol. The van der Waals surface area contributed by atoms with Crippen LogP contribution >= 0.6 is 0 Å². The minimum atomic E-state index is -0.287. The first kappa shape index (κ1) is 10.2. The van der Waals surface area contributed by atoms with Crippen LogP contribution in [-0.2, 0) is 0 Å². The summed E-state index contributed by atoms with van der Waals surface area (Å²) >= 11 is 0. The third kappa shape index (κ3) is 1.32. The van der Waals surface area contributed by atoms with Gasteiger partial charge in [0.05, 0.1) is 6.10 Å². The molecule has 2 nitrogen and oxygen atoms in total. The Labute approximate surface area is 86.2 Å². The highest BCUT2D eigenvalue weighted by Gasteiger charge is 2.52. The Morgan fingerprint density at radius 2 is 2.36 bits per heavy atom. The van der Waals surface area contributed by atoms with Crippen molar-refractivity contribution in [2.45, 2.75) is 39.2 Å². The molecule has 0 aromatic carbocycles. The lowest BCUT2D eigenvalue weighted by Crippen LogP contribution is -2.50. The van der Waals surface area contributed by atoms with Gasteiger partial charge in [0.15, 0.2) is 0 Å². The van der Waals surface area contributed by atoms with E-state index in [1.165, 1.54) is 12.0 Å². The van der Waals surface area contributed by atoms with Gasteiger partial charge in [0.25, 0.3) is 0 Å². The van der Waals surface area contributed by atoms with E-state index in [-0.39, 0.29) is 6.10 Å². The molecule has 0 heterocycles. The van der Waals surface area contributed by atoms with Gasteiger partial charge in [0, 0.05) is 0 Å². The topological polar surface area (TPSA) is 46.2 Å². The van der Waals surface area contributed by atoms with Crippen molar-refractivity contribution in [2.75, 3.05) is 6.54 Å². The van der Waals surface area contributed by atoms with Crippen LogP contribution in [0.4, 0.5) is 0 Å². The molecule has 0 aromatic heterocycles. The normalized spacial score (nSPS) is 35.9. The zero-order valence-electron chi connectivity index (χ0n) is 9.16. The SMILES string of the molecule is CC1(C)C2CC=C([C@H](O)CCN)C1C2. The number of nitrogens with two attached hydrogens (primary N) is 1. The van der Waals surface area contributed by atoms with E-state index in [0.29, 0.717) is 24.3 Å². The van der Waals surface area contributed by atoms with Gasteiger partial charge in [-0.15, -0.1) is 0 Å². The Balaban J connectivity index is 2.10. The van der Waals surface area contributed by atoms with E-state index in [0.717, 1.165) is 12.3 Å². The quantitative estimate of drug-likeness (QED) is 0.673. The molecule has 2 bridgehead atoms. The average molecular weight is 195 g/mol. The van der Waals surface area contributed by atoms with Gasteiger partial charge in [-0.25, -0.2) is 0 Å². The summed E-state index contributed by atoms with van der Waals surface area (Å²) in [6, 6.07) is 0. The smallest absolute Gasteiger partial charge is 0.0765 e. The van der Waals surface area contributed by atoms with E-state index in [1.807, 2.05) is 0 Å². The summed E-state index contributed by atoms with van der Waals surface area (Å²) in [6.45, 7) is 5.23. The van der Waals surface area contributed by atoms with Gasteiger partial charge >= 0.3 is 0 Å². The lowest BCUT2D eigenvalue weighted by Gasteiger charge is -2.57. The van der Waals surface area contributed by atoms with Crippen LogP contribution < -0.4 is 5.73 Å². The highest BCUT2D eigenvalue weighted by molar-refractivity contribution is 5.26. The molecule has 2 heteroatoms. The summed E-state index contributed by atoms with van der Waals surface area (Å²) in [4.78, 5) is 0. The van der Waals surface area contributed by atoms with Gasteiger partial charge < -0.3 is 10.8 Å². The first-order valence-electron chi connectivity index (χ1n) is 5.65. The molecule has 3 atom stereocenters. The second-order valence-electron chi connectivity index (χ2n) is 5.34. The first-order valence-corrected chi connectivity index (χ1v) is 5.65. The zero-order chi connectivity index (χ0) is 10.3. The number of aliphatic hydroxyl groups excluding tert-OH is 1. The largest absolute Gasteiger partial charge is 0.389 e. The third-order valence-electron chi connectivity index (χ3n) is 4.34. The van der Waals surface area contributed by atoms with Crippen LogP contribution in [0.5, 0.6) is 0 Å². The molecule has 0 spiro atoms. The van der Waals surface area contributed by atoms with E-state index >= 15 is 0 Å². The number of aliphatic hydroxyl groups is 1. The molecule has 0 aromatic rings. The fourth-order valence-electron chi connectivity index (χ4n) is 3.10. The lowest BCUT2D eigenvalue weighted by molar-refractivity contribution is -0.0220. The van der Waals surface area contributed by atoms with E-state index < -0.39 is 0 Å². The second-order valence-corrected chi connectivity index (χ2v) is 5.34. The minimum Gasteiger partial charge on any atom is -0.389 e. The molecule has 0 radical (unpaired) electrons. The van der Waals surface area contributed by atoms with Crippen molar-refractivity contribution in [1.29, 1.82) is 0 Å². The van der Waals surface area contributed by atoms with Gasteiger partial charge in [-0.05, 0) is 48.6 Å². The summed E-state index contributed by atoms with van der Waals surface area (Å²) in [5, 5.41) is 9.95. The van der Waals surface area contributed by atoms with Crippen LogP contribution in [0.15, 0.2) is 11.6 Å². The molecule has 0 aliphatic heterocycles. The summed E-state index contributed by atoms with van der Waals surface area (Å²) in [5.74, 6) is 1.46. The Morgan fingerprint density at radius 1 is 1.64 bits per heavy atom. The van der Waals surface area contributed by atoms with Gasteiger partial charge in [-0.2, -0.15) is 0 Å². The summed E-state index contributed by atoms with van der Waals surface area (Å²) in [7, 11) is 0. The Hall–Kier alpha value is -0.340. The lowest BCUT2D eigenvalue weighted by atomic mass is 9.48. The van der Waals surface area contributed by atoms with Crippen LogP contribution in [0.2, 0.25) is 0 Å². The maximum absolute atomic E-state index is 9.95. The maximum atomic E-state index is 9.95. The zero-order valence-corrected chi connectivity index (χ0v) is 9.16. The monoisotopic (exact) mass is 195 g/mol. The van der Waals surface area contributed by atoms with Crippen molar-refractivity contribution in [2.24, 2.45) is 23.0 Å². The number of hydrogen-bond acceptors (Lipinski definition) is 2. The van der Waals surface area contributed by atoms with Crippen molar-refractivity contribution in [3.8, 4) is 0 Å². The van der Waals surface area contributed by atoms with E-state index in [1.54, 1.807) is 0 Å². The van der Waals surface area contributed by atoms with Gasteiger partial charge in [-0.1, -0.05) is 19.9 Å². The van der Waals surface area contributed by atoms with Crippen LogP contribution in [-0.4, -0.2) is 17.8 Å². The van der Waals surface area contributed by atoms with Gasteiger partial charge in [0.2, 0.25) is 0 Å². The number of rotatable bonds is 3. The fraction of sp³-hybridized carbons (Fsp3) is 0.833. The molecule has 80 valence electrons. The highest BCUT2D eigenvalue weighted by atomic mass is 16.3. The van der Waals surface area contributed by atoms with Crippen LogP contribution in [0.3, 0.4) is 0 Å². The summed E-state index contributed by atoms with van der Waals surface area (Å²) in [5.41, 5.74) is 7.16. The molecule has 3 N–H and O–H groups in total. The van der Waals surface area contributed by atoms with E-state index in [2.05, 4.69) is 19.9 Å². The number of fused-ring (bicyclic) bond motifs is 1. The van der Waals surface area contributed by atoms with Gasteiger partial charge in [0.1, 0.15) is 0 Å². The van der Waals surface area contributed by atoms with Gasteiger partial charge in [-0.3, -0.25) is 0 Å². The van der Waals surface area contributed by atoms with Crippen LogP contribution in [0.1, 0.15) is 33.1 Å².